The molecule has 1 atom stereocenters. The summed E-state index contributed by atoms with van der Waals surface area (Å²) < 4.78 is 0. The number of piperidine rings is 2. The minimum absolute atomic E-state index is 0.126. The molecule has 5 amide bonds. The standard InChI is InChI=1S/C48H44N8O5/c1-49-45(58)38-26-53-44-35(29-16-19-55(2)20-17-29)21-32(22-36(38)44)33-10-6-9-30-23-41(52-25-37(30)33)31-12-13-40(51-24-31)46(59)50-18-4-3-7-28-8-5-11-34-39(28)27-56(48(34)61)42-14-15-43(57)54-47(42)60/h5-6,8-13,21-26,29,42,53H,4,14-20,27H2,1-2H3,(H,49,58)(H,50,59)(H,54,57,60). The van der Waals surface area contributed by atoms with E-state index in [2.05, 4.69) is 74.0 Å². The number of pyridine rings is 2. The van der Waals surface area contributed by atoms with E-state index in [0.29, 0.717) is 42.0 Å². The maximum absolute atomic E-state index is 13.1. The molecular weight excluding hydrogens is 769 g/mol. The van der Waals surface area contributed by atoms with E-state index in [-0.39, 0.29) is 42.3 Å². The van der Waals surface area contributed by atoms with Crippen molar-refractivity contribution in [2.45, 2.75) is 50.6 Å². The summed E-state index contributed by atoms with van der Waals surface area (Å²) in [5.41, 5.74) is 8.66. The van der Waals surface area contributed by atoms with Crippen LogP contribution in [-0.2, 0) is 16.1 Å². The Kier molecular flexibility index (Phi) is 10.6. The van der Waals surface area contributed by atoms with Crippen LogP contribution in [0.1, 0.15) is 85.9 Å². The molecule has 0 aliphatic carbocycles. The molecule has 4 N–H and O–H groups in total. The summed E-state index contributed by atoms with van der Waals surface area (Å²) in [7, 11) is 3.81. The lowest BCUT2D eigenvalue weighted by Crippen LogP contribution is -2.52. The Morgan fingerprint density at radius 2 is 1.70 bits per heavy atom. The van der Waals surface area contributed by atoms with E-state index in [9.17, 15) is 24.0 Å². The maximum atomic E-state index is 13.1. The van der Waals surface area contributed by atoms with Gasteiger partial charge >= 0.3 is 0 Å². The van der Waals surface area contributed by atoms with Crippen LogP contribution in [0.4, 0.5) is 0 Å². The van der Waals surface area contributed by atoms with Gasteiger partial charge in [-0.25, -0.2) is 0 Å². The van der Waals surface area contributed by atoms with E-state index in [1.54, 1.807) is 31.4 Å². The van der Waals surface area contributed by atoms with Crippen molar-refractivity contribution in [3.63, 3.8) is 0 Å². The molecule has 13 heteroatoms. The molecule has 306 valence electrons. The number of hydrogen-bond donors (Lipinski definition) is 4. The molecule has 1 unspecified atom stereocenters. The molecule has 6 heterocycles. The van der Waals surface area contributed by atoms with E-state index >= 15 is 0 Å². The van der Waals surface area contributed by atoms with Crippen LogP contribution in [0.25, 0.3) is 44.1 Å². The van der Waals surface area contributed by atoms with Crippen molar-refractivity contribution in [3.8, 4) is 34.2 Å². The first-order valence-corrected chi connectivity index (χ1v) is 20.6. The largest absolute Gasteiger partial charge is 0.360 e. The zero-order valence-electron chi connectivity index (χ0n) is 33.9. The molecular formula is C48H44N8O5. The van der Waals surface area contributed by atoms with Gasteiger partial charge in [0.1, 0.15) is 11.7 Å². The van der Waals surface area contributed by atoms with Gasteiger partial charge in [-0.05, 0) is 115 Å². The fourth-order valence-electron chi connectivity index (χ4n) is 8.83. The van der Waals surface area contributed by atoms with Crippen LogP contribution in [0.5, 0.6) is 0 Å². The molecule has 3 aromatic heterocycles. The van der Waals surface area contributed by atoms with Gasteiger partial charge in [-0.3, -0.25) is 39.3 Å². The number of nitrogens with one attached hydrogen (secondary N) is 4. The molecule has 0 bridgehead atoms. The first-order chi connectivity index (χ1) is 29.7. The molecule has 2 saturated heterocycles. The highest BCUT2D eigenvalue weighted by atomic mass is 16.2. The lowest BCUT2D eigenvalue weighted by Gasteiger charge is -2.30. The van der Waals surface area contributed by atoms with Crippen molar-refractivity contribution >= 4 is 51.2 Å². The van der Waals surface area contributed by atoms with Gasteiger partial charge in [-0.15, -0.1) is 0 Å². The van der Waals surface area contributed by atoms with Crippen LogP contribution in [0.15, 0.2) is 85.3 Å². The number of carbonyl (C=O) groups is 5. The van der Waals surface area contributed by atoms with Crippen LogP contribution < -0.4 is 16.0 Å². The summed E-state index contributed by atoms with van der Waals surface area (Å²) in [6.45, 7) is 2.59. The molecule has 3 aliphatic heterocycles. The van der Waals surface area contributed by atoms with Gasteiger partial charge in [-0.2, -0.15) is 0 Å². The number of fused-ring (bicyclic) bond motifs is 3. The van der Waals surface area contributed by atoms with Crippen molar-refractivity contribution in [1.82, 2.24) is 40.7 Å². The third-order valence-corrected chi connectivity index (χ3v) is 12.2. The highest BCUT2D eigenvalue weighted by Gasteiger charge is 2.39. The molecule has 0 saturated carbocycles. The second-order valence-electron chi connectivity index (χ2n) is 15.9. The number of H-pyrrole nitrogens is 1. The Morgan fingerprint density at radius 3 is 2.49 bits per heavy atom. The first-order valence-electron chi connectivity index (χ1n) is 20.6. The van der Waals surface area contributed by atoms with Crippen molar-refractivity contribution in [2.75, 3.05) is 33.7 Å². The lowest BCUT2D eigenvalue weighted by molar-refractivity contribution is -0.136. The summed E-state index contributed by atoms with van der Waals surface area (Å²) in [6.07, 6.45) is 8.29. The number of amides is 5. The minimum Gasteiger partial charge on any atom is -0.360 e. The smallest absolute Gasteiger partial charge is 0.269 e. The number of carbonyl (C=O) groups excluding carboxylic acids is 5. The van der Waals surface area contributed by atoms with Gasteiger partial charge in [0, 0.05) is 84.5 Å². The van der Waals surface area contributed by atoms with Crippen LogP contribution in [0, 0.1) is 11.8 Å². The number of benzene rings is 3. The summed E-state index contributed by atoms with van der Waals surface area (Å²) in [5, 5.41) is 10.9. The van der Waals surface area contributed by atoms with Crippen molar-refractivity contribution in [3.05, 3.63) is 119 Å². The van der Waals surface area contributed by atoms with E-state index in [0.717, 1.165) is 75.6 Å². The molecule has 6 aromatic rings. The number of aromatic amines is 1. The average molecular weight is 813 g/mol. The summed E-state index contributed by atoms with van der Waals surface area (Å²) in [4.78, 5) is 79.7. The number of likely N-dealkylation sites (tertiary alicyclic amines) is 1. The van der Waals surface area contributed by atoms with Crippen LogP contribution in [-0.4, -0.2) is 94.1 Å². The van der Waals surface area contributed by atoms with Crippen LogP contribution >= 0.6 is 0 Å². The SMILES string of the molecule is CNC(=O)c1c[nH]c2c(C3CCN(C)CC3)cc(-c3cccc4cc(-c5ccc(C(=O)NCCC#Cc6cccc7c6CN(C6CCC(=O)NC6=O)C7=O)nc5)ncc34)cc12. The molecule has 3 aromatic carbocycles. The first kappa shape index (κ1) is 39.3. The molecule has 9 rings (SSSR count). The van der Waals surface area contributed by atoms with E-state index < -0.39 is 11.9 Å². The van der Waals surface area contributed by atoms with Gasteiger partial charge in [0.05, 0.1) is 11.3 Å². The maximum Gasteiger partial charge on any atom is 0.269 e. The minimum atomic E-state index is -0.694. The van der Waals surface area contributed by atoms with Crippen molar-refractivity contribution in [1.29, 1.82) is 0 Å². The van der Waals surface area contributed by atoms with Crippen molar-refractivity contribution < 1.29 is 24.0 Å². The summed E-state index contributed by atoms with van der Waals surface area (Å²) in [5.74, 6) is 5.11. The number of imide groups is 1. The summed E-state index contributed by atoms with van der Waals surface area (Å²) in [6, 6.07) is 20.8. The normalized spacial score (nSPS) is 16.9. The Balaban J connectivity index is 0.872. The summed E-state index contributed by atoms with van der Waals surface area (Å²) >= 11 is 0. The van der Waals surface area contributed by atoms with Crippen molar-refractivity contribution in [2.24, 2.45) is 0 Å². The van der Waals surface area contributed by atoms with E-state index in [1.165, 1.54) is 10.5 Å². The van der Waals surface area contributed by atoms with Gasteiger partial charge in [0.2, 0.25) is 11.8 Å². The molecule has 2 fully saturated rings. The molecule has 0 radical (unpaired) electrons. The third kappa shape index (κ3) is 7.62. The molecule has 61 heavy (non-hydrogen) atoms. The van der Waals surface area contributed by atoms with Crippen LogP contribution in [0.3, 0.4) is 0 Å². The molecule has 3 aliphatic rings. The second kappa shape index (κ2) is 16.5. The third-order valence-electron chi connectivity index (χ3n) is 12.2. The second-order valence-corrected chi connectivity index (χ2v) is 15.9. The molecule has 13 nitrogen and oxygen atoms in total. The Bertz CT molecular complexity index is 2830. The van der Waals surface area contributed by atoms with Gasteiger partial charge in [0.15, 0.2) is 0 Å². The molecule has 0 spiro atoms. The average Bonchev–Trinajstić information content (AvgIpc) is 3.87. The van der Waals surface area contributed by atoms with Gasteiger partial charge in [-0.1, -0.05) is 36.1 Å². The topological polar surface area (TPSA) is 169 Å². The lowest BCUT2D eigenvalue weighted by atomic mass is 9.85. The number of aromatic nitrogens is 3. The zero-order valence-corrected chi connectivity index (χ0v) is 33.9. The van der Waals surface area contributed by atoms with Gasteiger partial charge in [0.25, 0.3) is 17.7 Å². The Labute approximate surface area is 352 Å². The predicted octanol–water partition coefficient (Wildman–Crippen LogP) is 5.55. The highest BCUT2D eigenvalue weighted by Crippen LogP contribution is 2.39. The Hall–Kier alpha value is -7.17. The van der Waals surface area contributed by atoms with Gasteiger partial charge < -0.3 is 25.4 Å². The zero-order chi connectivity index (χ0) is 42.2. The quantitative estimate of drug-likeness (QED) is 0.0882. The number of hydrogen-bond acceptors (Lipinski definition) is 8. The van der Waals surface area contributed by atoms with E-state index in [4.69, 9.17) is 4.98 Å². The fourth-order valence-corrected chi connectivity index (χ4v) is 8.83. The van der Waals surface area contributed by atoms with E-state index in [1.807, 2.05) is 36.7 Å². The number of rotatable bonds is 8. The number of nitrogens with zero attached hydrogens (tertiary/aromatic N) is 4. The Morgan fingerprint density at radius 1 is 0.885 bits per heavy atom. The van der Waals surface area contributed by atoms with Crippen LogP contribution in [0.2, 0.25) is 0 Å². The predicted molar refractivity (Wildman–Crippen MR) is 231 cm³/mol. The monoisotopic (exact) mass is 812 g/mol. The highest BCUT2D eigenvalue weighted by molar-refractivity contribution is 6.10. The fraction of sp³-hybridized carbons (Fsp3) is 0.271.